The number of pyridine rings is 2. The number of hydrogen-bond donors (Lipinski definition) is 1. The van der Waals surface area contributed by atoms with Crippen LogP contribution in [0.2, 0.25) is 0 Å². The van der Waals surface area contributed by atoms with Crippen LogP contribution < -0.4 is 11.1 Å². The molecule has 1 N–H and O–H groups in total. The van der Waals surface area contributed by atoms with Gasteiger partial charge < -0.3 is 19.0 Å². The monoisotopic (exact) mass is 502 g/mol. The molecule has 2 saturated carbocycles. The van der Waals surface area contributed by atoms with Gasteiger partial charge in [-0.05, 0) is 56.6 Å². The maximum Gasteiger partial charge on any atom is 0.338 e. The molecule has 0 bridgehead atoms. The summed E-state index contributed by atoms with van der Waals surface area (Å²) in [4.78, 5) is 48.3. The van der Waals surface area contributed by atoms with Crippen molar-refractivity contribution in [2.24, 2.45) is 0 Å². The zero-order valence-electron chi connectivity index (χ0n) is 22.8. The van der Waals surface area contributed by atoms with Crippen LogP contribution in [0.5, 0.6) is 0 Å². The lowest BCUT2D eigenvalue weighted by molar-refractivity contribution is 0.0591. The summed E-state index contributed by atoms with van der Waals surface area (Å²) in [6, 6.07) is 6.10. The number of esters is 2. The Balaban J connectivity index is 0.000000298. The number of nitrogens with zero attached hydrogens (tertiary/aromatic N) is 1. The zero-order chi connectivity index (χ0) is 27.3. The van der Waals surface area contributed by atoms with Gasteiger partial charge in [0.2, 0.25) is 5.56 Å². The maximum atomic E-state index is 11.8. The van der Waals surface area contributed by atoms with Crippen LogP contribution in [0.1, 0.15) is 117 Å². The first kappa shape index (κ1) is 30.9. The van der Waals surface area contributed by atoms with E-state index in [1.807, 2.05) is 6.92 Å². The Morgan fingerprint density at radius 2 is 1.28 bits per heavy atom. The van der Waals surface area contributed by atoms with E-state index in [0.717, 1.165) is 37.1 Å². The number of hydrogen-bond acceptors (Lipinski definition) is 6. The number of rotatable bonds is 5. The van der Waals surface area contributed by atoms with Crippen molar-refractivity contribution in [2.75, 3.05) is 14.2 Å². The fourth-order valence-corrected chi connectivity index (χ4v) is 3.32. The number of H-pyrrole nitrogens is 1. The molecule has 0 saturated heterocycles. The number of methoxy groups -OCH3 is 2. The van der Waals surface area contributed by atoms with E-state index < -0.39 is 11.9 Å². The molecule has 0 amide bonds. The van der Waals surface area contributed by atoms with E-state index >= 15 is 0 Å². The van der Waals surface area contributed by atoms with Gasteiger partial charge in [0, 0.05) is 30.1 Å². The van der Waals surface area contributed by atoms with Crippen molar-refractivity contribution in [3.05, 3.63) is 67.5 Å². The van der Waals surface area contributed by atoms with Gasteiger partial charge in [0.15, 0.2) is 0 Å². The second kappa shape index (κ2) is 15.8. The molecular weight excluding hydrogens is 460 g/mol. The van der Waals surface area contributed by atoms with Gasteiger partial charge in [0.25, 0.3) is 5.56 Å². The van der Waals surface area contributed by atoms with Crippen molar-refractivity contribution in [2.45, 2.75) is 91.5 Å². The highest BCUT2D eigenvalue weighted by atomic mass is 16.5. The second-order valence-corrected chi connectivity index (χ2v) is 8.89. The Labute approximate surface area is 214 Å². The molecule has 2 aromatic heterocycles. The van der Waals surface area contributed by atoms with Crippen LogP contribution in [0.3, 0.4) is 0 Å². The summed E-state index contributed by atoms with van der Waals surface area (Å²) in [6.45, 7) is 11.1. The van der Waals surface area contributed by atoms with Crippen molar-refractivity contribution in [3.63, 3.8) is 0 Å². The first-order chi connectivity index (χ1) is 17.2. The number of carbonyl (C=O) groups excluding carboxylic acids is 2. The molecule has 200 valence electrons. The molecule has 8 heteroatoms. The third-order valence-corrected chi connectivity index (χ3v) is 5.20. The smallest absolute Gasteiger partial charge is 0.338 e. The third-order valence-electron chi connectivity index (χ3n) is 5.20. The predicted octanol–water partition coefficient (Wildman–Crippen LogP) is 5.40. The summed E-state index contributed by atoms with van der Waals surface area (Å²) >= 11 is 0. The van der Waals surface area contributed by atoms with E-state index in [9.17, 15) is 19.2 Å². The lowest BCUT2D eigenvalue weighted by atomic mass is 10.1. The zero-order valence-corrected chi connectivity index (χ0v) is 22.8. The standard InChI is InChI=1S/C12H15NO3.C10H11NO3.2C3H8/c1-3-13-10(8-4-5-8)6-9(7-11(13)14)12(15)16-2;1-14-10(13)7-4-8(6-2-3-6)11-9(12)5-7;2*1-3-2/h6-8H,3-5H2,1-2H3;4-6H,2-3H2,1H3,(H,11,12);2*3H2,1-2H3. The average molecular weight is 503 g/mol. The number of aromatic amines is 1. The van der Waals surface area contributed by atoms with E-state index in [1.165, 1.54) is 39.2 Å². The summed E-state index contributed by atoms with van der Waals surface area (Å²) in [5.74, 6) is -0.0372. The fraction of sp³-hybridized carbons (Fsp3) is 0.571. The highest BCUT2D eigenvalue weighted by molar-refractivity contribution is 5.89. The molecule has 2 aromatic rings. The van der Waals surface area contributed by atoms with Crippen molar-refractivity contribution >= 4 is 11.9 Å². The van der Waals surface area contributed by atoms with Crippen LogP contribution in [-0.2, 0) is 16.0 Å². The van der Waals surface area contributed by atoms with E-state index in [2.05, 4.69) is 42.2 Å². The highest BCUT2D eigenvalue weighted by Gasteiger charge is 2.28. The van der Waals surface area contributed by atoms with Crippen molar-refractivity contribution in [1.82, 2.24) is 9.55 Å². The molecule has 4 rings (SSSR count). The van der Waals surface area contributed by atoms with E-state index in [1.54, 1.807) is 16.7 Å². The van der Waals surface area contributed by atoms with Gasteiger partial charge in [-0.2, -0.15) is 0 Å². The SMILES string of the molecule is CCC.CCC.CCn1c(C2CC2)cc(C(=O)OC)cc1=O.COC(=O)c1cc(C2CC2)[nH]c(=O)c1. The van der Waals surface area contributed by atoms with Gasteiger partial charge in [-0.1, -0.05) is 40.5 Å². The lowest BCUT2D eigenvalue weighted by Crippen LogP contribution is -2.23. The number of nitrogens with one attached hydrogen (secondary N) is 1. The molecule has 0 radical (unpaired) electrons. The minimum Gasteiger partial charge on any atom is -0.465 e. The molecule has 0 unspecified atom stereocenters. The molecule has 0 aromatic carbocycles. The van der Waals surface area contributed by atoms with E-state index in [0.29, 0.717) is 29.5 Å². The minimum atomic E-state index is -0.460. The van der Waals surface area contributed by atoms with Gasteiger partial charge in [0.1, 0.15) is 0 Å². The summed E-state index contributed by atoms with van der Waals surface area (Å²) in [5, 5.41) is 0. The summed E-state index contributed by atoms with van der Waals surface area (Å²) < 4.78 is 10.9. The third kappa shape index (κ3) is 9.84. The summed E-state index contributed by atoms with van der Waals surface area (Å²) in [6.07, 6.45) is 6.87. The Bertz CT molecular complexity index is 1090. The normalized spacial score (nSPS) is 13.5. The second-order valence-electron chi connectivity index (χ2n) is 8.89. The maximum absolute atomic E-state index is 11.8. The molecule has 36 heavy (non-hydrogen) atoms. The number of ether oxygens (including phenoxy) is 2. The quantitative estimate of drug-likeness (QED) is 0.548. The molecule has 0 spiro atoms. The van der Waals surface area contributed by atoms with Crippen LogP contribution in [0.4, 0.5) is 0 Å². The Kier molecular flexibility index (Phi) is 13.5. The van der Waals surface area contributed by atoms with Crippen LogP contribution >= 0.6 is 0 Å². The molecule has 0 atom stereocenters. The van der Waals surface area contributed by atoms with E-state index in [4.69, 9.17) is 0 Å². The van der Waals surface area contributed by atoms with Crippen molar-refractivity contribution in [1.29, 1.82) is 0 Å². The van der Waals surface area contributed by atoms with E-state index in [-0.39, 0.29) is 11.1 Å². The molecular formula is C28H42N2O6. The lowest BCUT2D eigenvalue weighted by Gasteiger charge is -2.11. The van der Waals surface area contributed by atoms with Crippen LogP contribution in [0, 0.1) is 0 Å². The Hall–Kier alpha value is -3.16. The Morgan fingerprint density at radius 3 is 1.69 bits per heavy atom. The molecule has 2 fully saturated rings. The number of aromatic nitrogens is 2. The van der Waals surface area contributed by atoms with Crippen LogP contribution in [0.25, 0.3) is 0 Å². The molecule has 2 heterocycles. The number of carbonyl (C=O) groups is 2. The van der Waals surface area contributed by atoms with Crippen LogP contribution in [0.15, 0.2) is 33.9 Å². The minimum absolute atomic E-state index is 0.118. The Morgan fingerprint density at radius 1 is 0.806 bits per heavy atom. The van der Waals surface area contributed by atoms with Gasteiger partial charge >= 0.3 is 11.9 Å². The van der Waals surface area contributed by atoms with Gasteiger partial charge in [-0.25, -0.2) is 9.59 Å². The molecule has 2 aliphatic carbocycles. The molecule has 8 nitrogen and oxygen atoms in total. The molecule has 2 aliphatic rings. The largest absolute Gasteiger partial charge is 0.465 e. The van der Waals surface area contributed by atoms with Gasteiger partial charge in [0.05, 0.1) is 25.3 Å². The summed E-state index contributed by atoms with van der Waals surface area (Å²) in [7, 11) is 2.63. The fourth-order valence-electron chi connectivity index (χ4n) is 3.32. The van der Waals surface area contributed by atoms with Crippen molar-refractivity contribution < 1.29 is 19.1 Å². The first-order valence-corrected chi connectivity index (χ1v) is 12.9. The molecule has 0 aliphatic heterocycles. The highest BCUT2D eigenvalue weighted by Crippen LogP contribution is 2.40. The van der Waals surface area contributed by atoms with Gasteiger partial charge in [-0.15, -0.1) is 0 Å². The summed E-state index contributed by atoms with van der Waals surface area (Å²) in [5.41, 5.74) is 2.15. The first-order valence-electron chi connectivity index (χ1n) is 12.9. The topological polar surface area (TPSA) is 107 Å². The van der Waals surface area contributed by atoms with Gasteiger partial charge in [-0.3, -0.25) is 9.59 Å². The van der Waals surface area contributed by atoms with Crippen LogP contribution in [-0.4, -0.2) is 35.7 Å². The average Bonchev–Trinajstić information content (AvgIpc) is 3.77. The predicted molar refractivity (Wildman–Crippen MR) is 142 cm³/mol. The van der Waals surface area contributed by atoms with Crippen molar-refractivity contribution in [3.8, 4) is 0 Å².